The Hall–Kier alpha value is -1.12. The second-order valence-electron chi connectivity index (χ2n) is 6.99. The van der Waals surface area contributed by atoms with Crippen LogP contribution in [0.4, 0.5) is 0 Å². The van der Waals surface area contributed by atoms with Gasteiger partial charge >= 0.3 is 0 Å². The molecule has 1 aromatic rings. The lowest BCUT2D eigenvalue weighted by atomic mass is 9.90. The molecule has 1 aliphatic carbocycles. The highest BCUT2D eigenvalue weighted by Crippen LogP contribution is 2.32. The predicted molar refractivity (Wildman–Crippen MR) is 94.9 cm³/mol. The minimum Gasteiger partial charge on any atom is -0.313 e. The first-order valence-electron chi connectivity index (χ1n) is 9.01. The van der Waals surface area contributed by atoms with E-state index in [-0.39, 0.29) is 0 Å². The Balaban J connectivity index is 1.37. The first kappa shape index (κ1) is 15.8. The zero-order valence-electron chi connectivity index (χ0n) is 13.9. The Labute approximate surface area is 135 Å². The lowest BCUT2D eigenvalue weighted by molar-refractivity contribution is 0.110. The molecule has 2 heteroatoms. The summed E-state index contributed by atoms with van der Waals surface area (Å²) in [5, 5.41) is 3.63. The van der Waals surface area contributed by atoms with E-state index in [0.717, 1.165) is 25.2 Å². The lowest BCUT2D eigenvalue weighted by Gasteiger charge is -2.38. The van der Waals surface area contributed by atoms with Gasteiger partial charge in [-0.2, -0.15) is 0 Å². The maximum Gasteiger partial charge on any atom is 0.0165 e. The van der Waals surface area contributed by atoms with Crippen LogP contribution in [0.1, 0.15) is 51.0 Å². The van der Waals surface area contributed by atoms with Gasteiger partial charge in [-0.3, -0.25) is 4.90 Å². The number of nitrogens with zero attached hydrogens (tertiary/aromatic N) is 1. The van der Waals surface area contributed by atoms with Crippen molar-refractivity contribution in [3.05, 3.63) is 41.5 Å². The van der Waals surface area contributed by atoms with Gasteiger partial charge < -0.3 is 5.32 Å². The van der Waals surface area contributed by atoms with Crippen molar-refractivity contribution < 1.29 is 0 Å². The molecule has 2 fully saturated rings. The molecule has 1 atom stereocenters. The molecular formula is C20H30N2. The average Bonchev–Trinajstić information content (AvgIpc) is 2.91. The van der Waals surface area contributed by atoms with Crippen molar-refractivity contribution in [3.8, 4) is 0 Å². The molecular weight excluding hydrogens is 268 g/mol. The van der Waals surface area contributed by atoms with Crippen LogP contribution in [-0.4, -0.2) is 36.6 Å². The molecule has 1 saturated carbocycles. The Kier molecular flexibility index (Phi) is 5.69. The van der Waals surface area contributed by atoms with Gasteiger partial charge in [0.2, 0.25) is 0 Å². The van der Waals surface area contributed by atoms with Gasteiger partial charge in [0.1, 0.15) is 0 Å². The van der Waals surface area contributed by atoms with Gasteiger partial charge in [0.25, 0.3) is 0 Å². The van der Waals surface area contributed by atoms with Gasteiger partial charge in [0.15, 0.2) is 0 Å². The van der Waals surface area contributed by atoms with E-state index in [1.807, 2.05) is 0 Å². The van der Waals surface area contributed by atoms with Gasteiger partial charge in [-0.1, -0.05) is 48.4 Å². The van der Waals surface area contributed by atoms with Crippen molar-refractivity contribution in [2.45, 2.75) is 57.5 Å². The first-order chi connectivity index (χ1) is 10.8. The third-order valence-corrected chi connectivity index (χ3v) is 5.24. The molecule has 120 valence electrons. The van der Waals surface area contributed by atoms with E-state index in [1.54, 1.807) is 0 Å². The van der Waals surface area contributed by atoms with Crippen molar-refractivity contribution in [1.82, 2.24) is 10.2 Å². The van der Waals surface area contributed by atoms with Crippen LogP contribution in [0.3, 0.4) is 0 Å². The lowest BCUT2D eigenvalue weighted by Crippen LogP contribution is -2.44. The molecule has 3 rings (SSSR count). The van der Waals surface area contributed by atoms with Crippen molar-refractivity contribution in [2.24, 2.45) is 0 Å². The summed E-state index contributed by atoms with van der Waals surface area (Å²) in [5.74, 6) is 0. The summed E-state index contributed by atoms with van der Waals surface area (Å²) in [5.41, 5.74) is 2.71. The average molecular weight is 298 g/mol. The first-order valence-corrected chi connectivity index (χ1v) is 9.01. The van der Waals surface area contributed by atoms with E-state index >= 15 is 0 Å². The van der Waals surface area contributed by atoms with Gasteiger partial charge in [0.05, 0.1) is 0 Å². The molecule has 0 bridgehead atoms. The third kappa shape index (κ3) is 4.21. The van der Waals surface area contributed by atoms with Crippen LogP contribution in [0.2, 0.25) is 0 Å². The minimum atomic E-state index is 0.844. The van der Waals surface area contributed by atoms with Gasteiger partial charge in [-0.05, 0) is 57.7 Å². The maximum absolute atomic E-state index is 3.63. The summed E-state index contributed by atoms with van der Waals surface area (Å²) >= 11 is 0. The second kappa shape index (κ2) is 7.94. The quantitative estimate of drug-likeness (QED) is 0.763. The monoisotopic (exact) mass is 298 g/mol. The molecule has 22 heavy (non-hydrogen) atoms. The third-order valence-electron chi connectivity index (χ3n) is 5.24. The van der Waals surface area contributed by atoms with Crippen molar-refractivity contribution in [1.29, 1.82) is 0 Å². The number of hydrogen-bond acceptors (Lipinski definition) is 2. The Morgan fingerprint density at radius 2 is 2.00 bits per heavy atom. The number of nitrogens with one attached hydrogen (secondary N) is 1. The SMILES string of the molecule is CC(=Cc1ccccc1)CNCCC1CCCN1C1CCC1. The second-order valence-corrected chi connectivity index (χ2v) is 6.99. The predicted octanol–water partition coefficient (Wildman–Crippen LogP) is 4.09. The topological polar surface area (TPSA) is 15.3 Å². The van der Waals surface area contributed by atoms with Crippen LogP contribution in [-0.2, 0) is 0 Å². The molecule has 0 spiro atoms. The minimum absolute atomic E-state index is 0.844. The van der Waals surface area contributed by atoms with Crippen LogP contribution in [0.25, 0.3) is 6.08 Å². The highest BCUT2D eigenvalue weighted by Gasteiger charge is 2.33. The van der Waals surface area contributed by atoms with Crippen LogP contribution in [0.5, 0.6) is 0 Å². The Bertz CT molecular complexity index is 476. The molecule has 2 nitrogen and oxygen atoms in total. The highest BCUT2D eigenvalue weighted by molar-refractivity contribution is 5.52. The number of rotatable bonds is 7. The van der Waals surface area contributed by atoms with Crippen molar-refractivity contribution in [3.63, 3.8) is 0 Å². The van der Waals surface area contributed by atoms with Crippen molar-refractivity contribution in [2.75, 3.05) is 19.6 Å². The van der Waals surface area contributed by atoms with E-state index in [4.69, 9.17) is 0 Å². The van der Waals surface area contributed by atoms with Gasteiger partial charge in [0, 0.05) is 18.6 Å². The fraction of sp³-hybridized carbons (Fsp3) is 0.600. The van der Waals surface area contributed by atoms with E-state index in [0.29, 0.717) is 0 Å². The standard InChI is InChI=1S/C20H30N2/c1-17(15-18-7-3-2-4-8-18)16-21-13-12-20-11-6-14-22(20)19-9-5-10-19/h2-4,7-8,15,19-21H,5-6,9-14,16H2,1H3. The summed E-state index contributed by atoms with van der Waals surface area (Å²) in [6.45, 7) is 5.72. The number of hydrogen-bond donors (Lipinski definition) is 1. The largest absolute Gasteiger partial charge is 0.313 e. The molecule has 1 heterocycles. The molecule has 0 amide bonds. The smallest absolute Gasteiger partial charge is 0.0165 e. The van der Waals surface area contributed by atoms with Crippen LogP contribution in [0, 0.1) is 0 Å². The number of likely N-dealkylation sites (tertiary alicyclic amines) is 1. The zero-order chi connectivity index (χ0) is 15.2. The maximum atomic E-state index is 3.63. The summed E-state index contributed by atoms with van der Waals surface area (Å²) in [4.78, 5) is 2.80. The molecule has 0 radical (unpaired) electrons. The fourth-order valence-corrected chi connectivity index (χ4v) is 3.81. The summed E-state index contributed by atoms with van der Waals surface area (Å²) < 4.78 is 0. The molecule has 1 aromatic carbocycles. The van der Waals surface area contributed by atoms with E-state index in [2.05, 4.69) is 53.5 Å². The molecule has 1 N–H and O–H groups in total. The Morgan fingerprint density at radius 1 is 1.18 bits per heavy atom. The van der Waals surface area contributed by atoms with E-state index in [9.17, 15) is 0 Å². The van der Waals surface area contributed by atoms with E-state index in [1.165, 1.54) is 56.2 Å². The van der Waals surface area contributed by atoms with Crippen LogP contribution in [0.15, 0.2) is 35.9 Å². The summed E-state index contributed by atoms with van der Waals surface area (Å²) in [6.07, 6.45) is 10.8. The summed E-state index contributed by atoms with van der Waals surface area (Å²) in [7, 11) is 0. The highest BCUT2D eigenvalue weighted by atomic mass is 15.2. The molecule has 1 unspecified atom stereocenters. The molecule has 1 aliphatic heterocycles. The van der Waals surface area contributed by atoms with Crippen molar-refractivity contribution >= 4 is 6.08 Å². The molecule has 0 aromatic heterocycles. The fourth-order valence-electron chi connectivity index (χ4n) is 3.81. The Morgan fingerprint density at radius 3 is 2.73 bits per heavy atom. The van der Waals surface area contributed by atoms with Gasteiger partial charge in [-0.15, -0.1) is 0 Å². The molecule has 2 aliphatic rings. The zero-order valence-corrected chi connectivity index (χ0v) is 13.9. The van der Waals surface area contributed by atoms with Crippen LogP contribution < -0.4 is 5.32 Å². The van der Waals surface area contributed by atoms with E-state index < -0.39 is 0 Å². The summed E-state index contributed by atoms with van der Waals surface area (Å²) in [6, 6.07) is 12.4. The van der Waals surface area contributed by atoms with Gasteiger partial charge in [-0.25, -0.2) is 0 Å². The normalized spacial score (nSPS) is 23.7. The number of benzene rings is 1. The molecule has 1 saturated heterocycles. The van der Waals surface area contributed by atoms with Crippen LogP contribution >= 0.6 is 0 Å².